The summed E-state index contributed by atoms with van der Waals surface area (Å²) in [7, 11) is -2.80. The number of hydrogen-bond acceptors (Lipinski definition) is 2. The zero-order valence-corrected chi connectivity index (χ0v) is 38.3. The van der Waals surface area contributed by atoms with Gasteiger partial charge in [0.1, 0.15) is 11.2 Å². The summed E-state index contributed by atoms with van der Waals surface area (Å²) in [5, 5.41) is 9.75. The average molecular weight is 884 g/mol. The Hall–Kier alpha value is -8.50. The van der Waals surface area contributed by atoms with Gasteiger partial charge in [0, 0.05) is 22.1 Å². The smallest absolute Gasteiger partial charge is 0.179 e. The molecule has 12 aromatic rings. The van der Waals surface area contributed by atoms with Crippen molar-refractivity contribution in [3.05, 3.63) is 295 Å². The minimum atomic E-state index is -2.80. The van der Waals surface area contributed by atoms with Gasteiger partial charge in [-0.3, -0.25) is 0 Å². The molecule has 0 atom stereocenters. The lowest BCUT2D eigenvalue weighted by Crippen LogP contribution is -2.74. The summed E-state index contributed by atoms with van der Waals surface area (Å²) in [4.78, 5) is 2.49. The Balaban J connectivity index is 1.11. The number of hydrogen-bond donors (Lipinski definition) is 0. The number of nitrogens with zero attached hydrogens (tertiary/aromatic N) is 1. The van der Waals surface area contributed by atoms with Crippen LogP contribution in [-0.4, -0.2) is 8.07 Å². The van der Waals surface area contributed by atoms with Crippen LogP contribution in [0.25, 0.3) is 43.8 Å². The fourth-order valence-electron chi connectivity index (χ4n) is 11.6. The fourth-order valence-corrected chi connectivity index (χ4v) is 16.4. The van der Waals surface area contributed by atoms with Gasteiger partial charge in [-0.25, -0.2) is 0 Å². The molecule has 0 aliphatic heterocycles. The predicted octanol–water partition coefficient (Wildman–Crippen LogP) is 13.9. The predicted molar refractivity (Wildman–Crippen MR) is 287 cm³/mol. The lowest BCUT2D eigenvalue weighted by Gasteiger charge is -2.36. The molecule has 0 saturated carbocycles. The van der Waals surface area contributed by atoms with E-state index < -0.39 is 13.5 Å². The standard InChI is InChI=1S/C65H45NOSi/c1-6-23-47(24-7-1)65(48-25-8-2-9-26-48)59-36-20-18-34-56(59)57-43-40-50(45-60(57)65)66(61-44-46-22-16-17-33-55(46)64-63(61)58-35-19-21-37-62(58)67-64)49-38-41-54(42-39-49)68(51-27-10-3-11-28-51,52-29-12-4-13-30-52)53-31-14-5-15-32-53/h1-45H. The van der Waals surface area contributed by atoms with Gasteiger partial charge in [0.15, 0.2) is 8.07 Å². The highest BCUT2D eigenvalue weighted by molar-refractivity contribution is 7.19. The average Bonchev–Trinajstić information content (AvgIpc) is 3.96. The van der Waals surface area contributed by atoms with Gasteiger partial charge in [-0.1, -0.05) is 237 Å². The van der Waals surface area contributed by atoms with Crippen LogP contribution in [0.3, 0.4) is 0 Å². The maximum Gasteiger partial charge on any atom is 0.179 e. The molecule has 0 spiro atoms. The molecule has 1 aliphatic rings. The number of benzene rings is 11. The van der Waals surface area contributed by atoms with E-state index in [-0.39, 0.29) is 0 Å². The highest BCUT2D eigenvalue weighted by Gasteiger charge is 2.46. The number of fused-ring (bicyclic) bond motifs is 8. The molecule has 11 aromatic carbocycles. The molecule has 0 saturated heterocycles. The van der Waals surface area contributed by atoms with Crippen LogP contribution in [-0.2, 0) is 5.41 Å². The lowest BCUT2D eigenvalue weighted by molar-refractivity contribution is 0.672. The van der Waals surface area contributed by atoms with Crippen molar-refractivity contribution >= 4 is 78.6 Å². The van der Waals surface area contributed by atoms with Crippen LogP contribution in [0.1, 0.15) is 22.3 Å². The van der Waals surface area contributed by atoms with Crippen molar-refractivity contribution in [2.75, 3.05) is 4.90 Å². The molecule has 0 N–H and O–H groups in total. The van der Waals surface area contributed by atoms with Crippen LogP contribution in [0, 0.1) is 0 Å². The van der Waals surface area contributed by atoms with Crippen molar-refractivity contribution in [2.45, 2.75) is 5.41 Å². The molecule has 2 nitrogen and oxygen atoms in total. The summed E-state index contributed by atoms with van der Waals surface area (Å²) in [6.07, 6.45) is 0. The number of anilines is 3. The molecule has 13 rings (SSSR count). The second-order valence-corrected chi connectivity index (χ2v) is 21.7. The minimum absolute atomic E-state index is 0.562. The summed E-state index contributed by atoms with van der Waals surface area (Å²) in [5.41, 5.74) is 11.9. The van der Waals surface area contributed by atoms with Crippen molar-refractivity contribution in [2.24, 2.45) is 0 Å². The van der Waals surface area contributed by atoms with Crippen LogP contribution in [0.5, 0.6) is 0 Å². The third-order valence-corrected chi connectivity index (χ3v) is 19.3. The molecule has 320 valence electrons. The number of rotatable bonds is 9. The van der Waals surface area contributed by atoms with Gasteiger partial charge >= 0.3 is 0 Å². The van der Waals surface area contributed by atoms with Gasteiger partial charge < -0.3 is 9.32 Å². The molecule has 0 radical (unpaired) electrons. The molecule has 68 heavy (non-hydrogen) atoms. The molecule has 0 fully saturated rings. The first-order valence-corrected chi connectivity index (χ1v) is 25.5. The van der Waals surface area contributed by atoms with Gasteiger partial charge in [-0.2, -0.15) is 0 Å². The Kier molecular flexibility index (Phi) is 9.45. The maximum atomic E-state index is 6.88. The van der Waals surface area contributed by atoms with Gasteiger partial charge in [0.05, 0.1) is 16.5 Å². The van der Waals surface area contributed by atoms with E-state index in [1.165, 1.54) is 54.1 Å². The monoisotopic (exact) mass is 883 g/mol. The Morgan fingerprint density at radius 2 is 0.824 bits per heavy atom. The van der Waals surface area contributed by atoms with Crippen LogP contribution in [0.4, 0.5) is 17.1 Å². The van der Waals surface area contributed by atoms with Gasteiger partial charge in [-0.15, -0.1) is 0 Å². The molecule has 0 unspecified atom stereocenters. The van der Waals surface area contributed by atoms with Crippen LogP contribution in [0.2, 0.25) is 0 Å². The van der Waals surface area contributed by atoms with Crippen LogP contribution < -0.4 is 25.6 Å². The first kappa shape index (κ1) is 39.8. The molecule has 3 heteroatoms. The van der Waals surface area contributed by atoms with Crippen molar-refractivity contribution in [1.29, 1.82) is 0 Å². The largest absolute Gasteiger partial charge is 0.455 e. The van der Waals surface area contributed by atoms with Crippen molar-refractivity contribution in [1.82, 2.24) is 0 Å². The zero-order valence-electron chi connectivity index (χ0n) is 37.3. The summed E-state index contributed by atoms with van der Waals surface area (Å²) < 4.78 is 6.88. The second-order valence-electron chi connectivity index (χ2n) is 17.9. The molecule has 0 bridgehead atoms. The van der Waals surface area contributed by atoms with Gasteiger partial charge in [0.2, 0.25) is 0 Å². The topological polar surface area (TPSA) is 16.4 Å². The summed E-state index contributed by atoms with van der Waals surface area (Å²) >= 11 is 0. The molecular weight excluding hydrogens is 839 g/mol. The fraction of sp³-hybridized carbons (Fsp3) is 0.0154. The third-order valence-electron chi connectivity index (χ3n) is 14.5. The molecule has 1 aliphatic carbocycles. The van der Waals surface area contributed by atoms with E-state index in [4.69, 9.17) is 4.42 Å². The Morgan fingerprint density at radius 3 is 1.44 bits per heavy atom. The normalized spacial score (nSPS) is 12.8. The summed E-state index contributed by atoms with van der Waals surface area (Å²) in [6, 6.07) is 101. The van der Waals surface area contributed by atoms with Crippen LogP contribution >= 0.6 is 0 Å². The van der Waals surface area contributed by atoms with E-state index in [0.717, 1.165) is 49.8 Å². The zero-order chi connectivity index (χ0) is 45.1. The lowest BCUT2D eigenvalue weighted by atomic mass is 9.67. The third kappa shape index (κ3) is 5.96. The molecule has 1 aromatic heterocycles. The molecular formula is C65H45NOSi. The Labute approximate surface area is 397 Å². The first-order chi connectivity index (χ1) is 33.7. The van der Waals surface area contributed by atoms with Gasteiger partial charge in [0.25, 0.3) is 0 Å². The Bertz CT molecular complexity index is 3640. The van der Waals surface area contributed by atoms with Crippen LogP contribution in [0.15, 0.2) is 277 Å². The van der Waals surface area contributed by atoms with Crippen molar-refractivity contribution in [3.8, 4) is 11.1 Å². The summed E-state index contributed by atoms with van der Waals surface area (Å²) in [6.45, 7) is 0. The number of furan rings is 1. The van der Waals surface area contributed by atoms with E-state index in [0.29, 0.717) is 0 Å². The summed E-state index contributed by atoms with van der Waals surface area (Å²) in [5.74, 6) is 0. The first-order valence-electron chi connectivity index (χ1n) is 23.5. The number of para-hydroxylation sites is 1. The Morgan fingerprint density at radius 1 is 0.353 bits per heavy atom. The van der Waals surface area contributed by atoms with E-state index in [1.54, 1.807) is 0 Å². The highest BCUT2D eigenvalue weighted by atomic mass is 28.3. The van der Waals surface area contributed by atoms with E-state index in [2.05, 4.69) is 278 Å². The maximum absolute atomic E-state index is 6.88. The van der Waals surface area contributed by atoms with Gasteiger partial charge in [-0.05, 0) is 95.9 Å². The molecule has 0 amide bonds. The van der Waals surface area contributed by atoms with Crippen molar-refractivity contribution in [3.63, 3.8) is 0 Å². The second kappa shape index (κ2) is 16.1. The van der Waals surface area contributed by atoms with E-state index in [1.807, 2.05) is 0 Å². The molecule has 1 heterocycles. The van der Waals surface area contributed by atoms with E-state index >= 15 is 0 Å². The quantitative estimate of drug-likeness (QED) is 0.106. The SMILES string of the molecule is c1ccc(C2(c3ccccc3)c3ccccc3-c3ccc(N(c4ccc([Si](c5ccccc5)(c5ccccc5)c5ccccc5)cc4)c4cc5ccccc5c5oc6ccccc6c45)cc32)cc1. The van der Waals surface area contributed by atoms with E-state index in [9.17, 15) is 0 Å². The minimum Gasteiger partial charge on any atom is -0.455 e. The van der Waals surface area contributed by atoms with Crippen molar-refractivity contribution < 1.29 is 4.42 Å². The highest BCUT2D eigenvalue weighted by Crippen LogP contribution is 2.57.